The minimum absolute atomic E-state index is 0.206. The number of hydrogen-bond donors (Lipinski definition) is 2. The summed E-state index contributed by atoms with van der Waals surface area (Å²) in [5, 5.41) is 14.5. The minimum Gasteiger partial charge on any atom is -0.393 e. The second-order valence-corrected chi connectivity index (χ2v) is 4.31. The number of aliphatic hydroxyl groups excluding tert-OH is 1. The average Bonchev–Trinajstić information content (AvgIpc) is 2.55. The Kier molecular flexibility index (Phi) is 4.42. The van der Waals surface area contributed by atoms with Crippen LogP contribution in [0, 0.1) is 0 Å². The smallest absolute Gasteiger partial charge is 0.0524 e. The third-order valence-electron chi connectivity index (χ3n) is 1.98. The highest BCUT2D eigenvalue weighted by molar-refractivity contribution is 7.10. The molecule has 1 heterocycles. The molecule has 0 saturated carbocycles. The number of hydrogen-bond acceptors (Lipinski definition) is 3. The first-order valence-corrected chi connectivity index (χ1v) is 5.53. The lowest BCUT2D eigenvalue weighted by Gasteiger charge is -2.12. The summed E-state index contributed by atoms with van der Waals surface area (Å²) in [6.07, 6.45) is 0.610. The summed E-state index contributed by atoms with van der Waals surface area (Å²) < 4.78 is 0. The quantitative estimate of drug-likeness (QED) is 0.761. The van der Waals surface area contributed by atoms with Gasteiger partial charge in [-0.25, -0.2) is 0 Å². The molecule has 0 bridgehead atoms. The van der Waals surface area contributed by atoms with Gasteiger partial charge < -0.3 is 10.4 Å². The van der Waals surface area contributed by atoms with Gasteiger partial charge in [0.2, 0.25) is 0 Å². The first-order chi connectivity index (χ1) is 6.20. The fourth-order valence-electron chi connectivity index (χ4n) is 1.15. The van der Waals surface area contributed by atoms with E-state index in [-0.39, 0.29) is 6.10 Å². The Hall–Kier alpha value is -0.380. The first-order valence-electron chi connectivity index (χ1n) is 4.65. The lowest BCUT2D eigenvalue weighted by Crippen LogP contribution is -2.21. The van der Waals surface area contributed by atoms with E-state index in [1.54, 1.807) is 11.3 Å². The van der Waals surface area contributed by atoms with Gasteiger partial charge in [0.25, 0.3) is 0 Å². The van der Waals surface area contributed by atoms with Crippen LogP contribution in [0.5, 0.6) is 0 Å². The molecule has 0 aromatic carbocycles. The van der Waals surface area contributed by atoms with Gasteiger partial charge in [0.1, 0.15) is 0 Å². The summed E-state index contributed by atoms with van der Waals surface area (Å²) in [4.78, 5) is 1.35. The Morgan fingerprint density at radius 3 is 2.85 bits per heavy atom. The van der Waals surface area contributed by atoms with Crippen LogP contribution in [0.25, 0.3) is 0 Å². The van der Waals surface area contributed by atoms with Crippen LogP contribution >= 0.6 is 11.3 Å². The molecule has 0 aliphatic heterocycles. The molecule has 0 aliphatic rings. The monoisotopic (exact) mass is 199 g/mol. The summed E-state index contributed by atoms with van der Waals surface area (Å²) in [5.41, 5.74) is 0. The van der Waals surface area contributed by atoms with E-state index in [2.05, 4.69) is 29.8 Å². The predicted octanol–water partition coefficient (Wildman–Crippen LogP) is 2.17. The van der Waals surface area contributed by atoms with E-state index in [4.69, 9.17) is 5.11 Å². The summed E-state index contributed by atoms with van der Waals surface area (Å²) >= 11 is 1.76. The maximum atomic E-state index is 9.06. The molecule has 13 heavy (non-hydrogen) atoms. The molecule has 0 saturated heterocycles. The largest absolute Gasteiger partial charge is 0.393 e. The third-order valence-corrected chi connectivity index (χ3v) is 3.04. The number of thiophene rings is 1. The van der Waals surface area contributed by atoms with Crippen molar-refractivity contribution >= 4 is 11.3 Å². The number of aliphatic hydroxyl groups is 1. The van der Waals surface area contributed by atoms with E-state index < -0.39 is 0 Å². The Balaban J connectivity index is 2.22. The van der Waals surface area contributed by atoms with Gasteiger partial charge >= 0.3 is 0 Å². The SMILES string of the molecule is CC(O)CCN[C@@H](C)c1cccs1. The third kappa shape index (κ3) is 3.89. The van der Waals surface area contributed by atoms with Gasteiger partial charge in [-0.2, -0.15) is 0 Å². The van der Waals surface area contributed by atoms with Gasteiger partial charge in [-0.3, -0.25) is 0 Å². The molecule has 0 aliphatic carbocycles. The molecule has 0 radical (unpaired) electrons. The molecule has 0 spiro atoms. The number of rotatable bonds is 5. The van der Waals surface area contributed by atoms with Gasteiger partial charge in [-0.1, -0.05) is 6.07 Å². The van der Waals surface area contributed by atoms with Crippen LogP contribution in [0.1, 0.15) is 31.2 Å². The Morgan fingerprint density at radius 1 is 1.54 bits per heavy atom. The second kappa shape index (κ2) is 5.37. The van der Waals surface area contributed by atoms with Crippen LogP contribution in [-0.2, 0) is 0 Å². The van der Waals surface area contributed by atoms with E-state index in [0.29, 0.717) is 6.04 Å². The summed E-state index contributed by atoms with van der Waals surface area (Å²) in [6, 6.07) is 4.59. The highest BCUT2D eigenvalue weighted by atomic mass is 32.1. The summed E-state index contributed by atoms with van der Waals surface area (Å²) in [5.74, 6) is 0. The standard InChI is InChI=1S/C10H17NOS/c1-8(12)5-6-11-9(2)10-4-3-7-13-10/h3-4,7-9,11-12H,5-6H2,1-2H3/t8?,9-/m0/s1. The second-order valence-electron chi connectivity index (χ2n) is 3.33. The maximum absolute atomic E-state index is 9.06. The molecule has 1 aromatic heterocycles. The maximum Gasteiger partial charge on any atom is 0.0524 e. The summed E-state index contributed by atoms with van der Waals surface area (Å²) in [7, 11) is 0. The average molecular weight is 199 g/mol. The van der Waals surface area contributed by atoms with E-state index in [0.717, 1.165) is 13.0 Å². The van der Waals surface area contributed by atoms with Crippen molar-refractivity contribution in [3.8, 4) is 0 Å². The molecular formula is C10H17NOS. The first kappa shape index (κ1) is 10.7. The van der Waals surface area contributed by atoms with Crippen molar-refractivity contribution in [1.29, 1.82) is 0 Å². The van der Waals surface area contributed by atoms with Crippen LogP contribution in [0.2, 0.25) is 0 Å². The van der Waals surface area contributed by atoms with E-state index in [9.17, 15) is 0 Å². The molecule has 3 heteroatoms. The highest BCUT2D eigenvalue weighted by Crippen LogP contribution is 2.17. The molecule has 1 aromatic rings. The zero-order valence-corrected chi connectivity index (χ0v) is 8.97. The molecule has 2 atom stereocenters. The lowest BCUT2D eigenvalue weighted by atomic mass is 10.2. The minimum atomic E-state index is -0.206. The van der Waals surface area contributed by atoms with E-state index in [1.807, 2.05) is 6.92 Å². The van der Waals surface area contributed by atoms with Crippen molar-refractivity contribution in [2.24, 2.45) is 0 Å². The van der Waals surface area contributed by atoms with Gasteiger partial charge in [-0.15, -0.1) is 11.3 Å². The van der Waals surface area contributed by atoms with Crippen molar-refractivity contribution in [1.82, 2.24) is 5.32 Å². The van der Waals surface area contributed by atoms with Crippen LogP contribution in [-0.4, -0.2) is 17.8 Å². The lowest BCUT2D eigenvalue weighted by molar-refractivity contribution is 0.182. The van der Waals surface area contributed by atoms with E-state index >= 15 is 0 Å². The van der Waals surface area contributed by atoms with Gasteiger partial charge in [0.15, 0.2) is 0 Å². The highest BCUT2D eigenvalue weighted by Gasteiger charge is 2.05. The van der Waals surface area contributed by atoms with Crippen molar-refractivity contribution in [2.45, 2.75) is 32.4 Å². The van der Waals surface area contributed by atoms with Gasteiger partial charge in [0, 0.05) is 10.9 Å². The van der Waals surface area contributed by atoms with Crippen molar-refractivity contribution in [2.75, 3.05) is 6.54 Å². The Labute approximate surface area is 83.6 Å². The van der Waals surface area contributed by atoms with Crippen molar-refractivity contribution < 1.29 is 5.11 Å². The molecule has 1 unspecified atom stereocenters. The van der Waals surface area contributed by atoms with E-state index in [1.165, 1.54) is 4.88 Å². The predicted molar refractivity (Wildman–Crippen MR) is 57.0 cm³/mol. The normalized spacial score (nSPS) is 15.6. The molecule has 0 fully saturated rings. The zero-order valence-electron chi connectivity index (χ0n) is 8.16. The molecule has 74 valence electrons. The van der Waals surface area contributed by atoms with Gasteiger partial charge in [0.05, 0.1) is 6.10 Å². The zero-order chi connectivity index (χ0) is 9.68. The number of nitrogens with one attached hydrogen (secondary N) is 1. The molecule has 0 amide bonds. The summed E-state index contributed by atoms with van der Waals surface area (Å²) in [6.45, 7) is 4.84. The fraction of sp³-hybridized carbons (Fsp3) is 0.600. The molecular weight excluding hydrogens is 182 g/mol. The van der Waals surface area contributed by atoms with Crippen LogP contribution in [0.3, 0.4) is 0 Å². The molecule has 1 rings (SSSR count). The molecule has 2 nitrogen and oxygen atoms in total. The van der Waals surface area contributed by atoms with Crippen LogP contribution < -0.4 is 5.32 Å². The molecule has 2 N–H and O–H groups in total. The van der Waals surface area contributed by atoms with Crippen LogP contribution in [0.15, 0.2) is 17.5 Å². The van der Waals surface area contributed by atoms with Crippen molar-refractivity contribution in [3.05, 3.63) is 22.4 Å². The van der Waals surface area contributed by atoms with Crippen molar-refractivity contribution in [3.63, 3.8) is 0 Å². The topological polar surface area (TPSA) is 32.3 Å². The van der Waals surface area contributed by atoms with Crippen LogP contribution in [0.4, 0.5) is 0 Å². The Bertz CT molecular complexity index is 221. The van der Waals surface area contributed by atoms with Gasteiger partial charge in [-0.05, 0) is 38.3 Å². The Morgan fingerprint density at radius 2 is 2.31 bits per heavy atom. The fourth-order valence-corrected chi connectivity index (χ4v) is 1.91.